The van der Waals surface area contributed by atoms with Gasteiger partial charge in [-0.15, -0.1) is 0 Å². The lowest BCUT2D eigenvalue weighted by Gasteiger charge is -2.14. The Kier molecular flexibility index (Phi) is 4.42. The van der Waals surface area contributed by atoms with E-state index in [4.69, 9.17) is 10.8 Å². The zero-order chi connectivity index (χ0) is 15.4. The molecule has 2 amide bonds. The SMILES string of the molecule is NC(=O)CC[C@H](NC(=O)c1ccc2c(c1)CCN2)C(=O)O. The van der Waals surface area contributed by atoms with Gasteiger partial charge in [0, 0.05) is 24.2 Å². The fourth-order valence-electron chi connectivity index (χ4n) is 2.23. The number of primary amides is 1. The van der Waals surface area contributed by atoms with E-state index >= 15 is 0 Å². The minimum Gasteiger partial charge on any atom is -0.480 e. The van der Waals surface area contributed by atoms with Crippen LogP contribution in [0, 0.1) is 0 Å². The van der Waals surface area contributed by atoms with Gasteiger partial charge in [0.1, 0.15) is 6.04 Å². The number of hydrogen-bond acceptors (Lipinski definition) is 4. The van der Waals surface area contributed by atoms with E-state index in [9.17, 15) is 14.4 Å². The standard InChI is InChI=1S/C14H17N3O4/c15-12(18)4-3-11(14(20)21)17-13(19)9-1-2-10-8(7-9)5-6-16-10/h1-2,7,11,16H,3-6H2,(H2,15,18)(H,17,19)(H,20,21)/t11-/m0/s1. The molecule has 0 unspecified atom stereocenters. The van der Waals surface area contributed by atoms with Crippen LogP contribution in [-0.2, 0) is 16.0 Å². The van der Waals surface area contributed by atoms with Gasteiger partial charge in [-0.1, -0.05) is 0 Å². The van der Waals surface area contributed by atoms with Gasteiger partial charge in [-0.25, -0.2) is 4.79 Å². The number of anilines is 1. The fraction of sp³-hybridized carbons (Fsp3) is 0.357. The number of fused-ring (bicyclic) bond motifs is 1. The Balaban J connectivity index is 2.04. The minimum absolute atomic E-state index is 0.0249. The molecular formula is C14H17N3O4. The Morgan fingerprint density at radius 2 is 2.14 bits per heavy atom. The molecular weight excluding hydrogens is 274 g/mol. The molecule has 0 bridgehead atoms. The predicted octanol–water partition coefficient (Wildman–Crippen LogP) is 0.103. The van der Waals surface area contributed by atoms with Crippen molar-refractivity contribution in [1.29, 1.82) is 0 Å². The van der Waals surface area contributed by atoms with Crippen molar-refractivity contribution in [1.82, 2.24) is 5.32 Å². The third kappa shape index (κ3) is 3.71. The second kappa shape index (κ2) is 6.25. The number of carboxylic acids is 1. The van der Waals surface area contributed by atoms with E-state index in [1.54, 1.807) is 18.2 Å². The number of carboxylic acid groups (broad SMARTS) is 1. The first-order valence-electron chi connectivity index (χ1n) is 6.66. The summed E-state index contributed by atoms with van der Waals surface area (Å²) < 4.78 is 0. The van der Waals surface area contributed by atoms with Crippen LogP contribution in [0.2, 0.25) is 0 Å². The Morgan fingerprint density at radius 3 is 2.81 bits per heavy atom. The third-order valence-electron chi connectivity index (χ3n) is 3.36. The largest absolute Gasteiger partial charge is 0.480 e. The van der Waals surface area contributed by atoms with Crippen LogP contribution >= 0.6 is 0 Å². The maximum absolute atomic E-state index is 12.1. The van der Waals surface area contributed by atoms with Gasteiger partial charge in [-0.05, 0) is 36.6 Å². The first kappa shape index (κ1) is 14.8. The Hall–Kier alpha value is -2.57. The van der Waals surface area contributed by atoms with Crippen molar-refractivity contribution in [2.45, 2.75) is 25.3 Å². The molecule has 1 aromatic carbocycles. The molecule has 1 atom stereocenters. The van der Waals surface area contributed by atoms with Gasteiger partial charge in [0.15, 0.2) is 0 Å². The van der Waals surface area contributed by atoms with Gasteiger partial charge in [0.05, 0.1) is 0 Å². The number of amides is 2. The van der Waals surface area contributed by atoms with Gasteiger partial charge in [-0.3, -0.25) is 9.59 Å². The number of carbonyl (C=O) groups excluding carboxylic acids is 2. The first-order chi connectivity index (χ1) is 9.97. The summed E-state index contributed by atoms with van der Waals surface area (Å²) in [4.78, 5) is 33.9. The van der Waals surface area contributed by atoms with E-state index in [1.165, 1.54) is 0 Å². The van der Waals surface area contributed by atoms with Crippen molar-refractivity contribution in [3.8, 4) is 0 Å². The molecule has 0 aromatic heterocycles. The van der Waals surface area contributed by atoms with Crippen LogP contribution in [0.25, 0.3) is 0 Å². The molecule has 7 heteroatoms. The summed E-state index contributed by atoms with van der Waals surface area (Å²) >= 11 is 0. The number of carbonyl (C=O) groups is 3. The van der Waals surface area contributed by atoms with E-state index < -0.39 is 23.8 Å². The number of benzene rings is 1. The molecule has 0 saturated carbocycles. The number of nitrogens with two attached hydrogens (primary N) is 1. The van der Waals surface area contributed by atoms with Crippen LogP contribution in [0.1, 0.15) is 28.8 Å². The predicted molar refractivity (Wildman–Crippen MR) is 76.0 cm³/mol. The lowest BCUT2D eigenvalue weighted by molar-refractivity contribution is -0.139. The van der Waals surface area contributed by atoms with Crippen LogP contribution in [0.5, 0.6) is 0 Å². The summed E-state index contributed by atoms with van der Waals surface area (Å²) in [6, 6.07) is 4.06. The topological polar surface area (TPSA) is 122 Å². The second-order valence-electron chi connectivity index (χ2n) is 4.92. The Bertz CT molecular complexity index is 586. The van der Waals surface area contributed by atoms with Gasteiger partial charge in [0.25, 0.3) is 5.91 Å². The highest BCUT2D eigenvalue weighted by molar-refractivity contribution is 5.97. The molecule has 1 heterocycles. The number of hydrogen-bond donors (Lipinski definition) is 4. The average molecular weight is 291 g/mol. The van der Waals surface area contributed by atoms with Crippen LogP contribution < -0.4 is 16.4 Å². The van der Waals surface area contributed by atoms with Gasteiger partial charge in [0.2, 0.25) is 5.91 Å². The van der Waals surface area contributed by atoms with Crippen LogP contribution in [0.15, 0.2) is 18.2 Å². The average Bonchev–Trinajstić information content (AvgIpc) is 2.89. The third-order valence-corrected chi connectivity index (χ3v) is 3.36. The first-order valence-corrected chi connectivity index (χ1v) is 6.66. The van der Waals surface area contributed by atoms with E-state index in [2.05, 4.69) is 10.6 Å². The highest BCUT2D eigenvalue weighted by atomic mass is 16.4. The summed E-state index contributed by atoms with van der Waals surface area (Å²) in [6.07, 6.45) is 0.717. The fourth-order valence-corrected chi connectivity index (χ4v) is 2.23. The molecule has 0 fully saturated rings. The molecule has 112 valence electrons. The molecule has 0 aliphatic carbocycles. The highest BCUT2D eigenvalue weighted by Crippen LogP contribution is 2.23. The minimum atomic E-state index is -1.19. The molecule has 7 nitrogen and oxygen atoms in total. The molecule has 5 N–H and O–H groups in total. The van der Waals surface area contributed by atoms with Gasteiger partial charge < -0.3 is 21.5 Å². The molecule has 0 radical (unpaired) electrons. The quantitative estimate of drug-likeness (QED) is 0.592. The van der Waals surface area contributed by atoms with Crippen molar-refractivity contribution in [3.05, 3.63) is 29.3 Å². The molecule has 0 saturated heterocycles. The van der Waals surface area contributed by atoms with Gasteiger partial charge >= 0.3 is 5.97 Å². The molecule has 1 aliphatic rings. The lowest BCUT2D eigenvalue weighted by atomic mass is 10.1. The number of aliphatic carboxylic acids is 1. The summed E-state index contributed by atoms with van der Waals surface area (Å²) in [5.41, 5.74) is 7.43. The monoisotopic (exact) mass is 291 g/mol. The second-order valence-corrected chi connectivity index (χ2v) is 4.92. The van der Waals surface area contributed by atoms with E-state index in [0.29, 0.717) is 5.56 Å². The Morgan fingerprint density at radius 1 is 1.38 bits per heavy atom. The van der Waals surface area contributed by atoms with Crippen LogP contribution in [0.3, 0.4) is 0 Å². The lowest BCUT2D eigenvalue weighted by Crippen LogP contribution is -2.41. The summed E-state index contributed by atoms with van der Waals surface area (Å²) in [7, 11) is 0. The zero-order valence-corrected chi connectivity index (χ0v) is 11.4. The summed E-state index contributed by atoms with van der Waals surface area (Å²) in [5.74, 6) is -2.26. The molecule has 1 aliphatic heterocycles. The number of rotatable bonds is 6. The van der Waals surface area contributed by atoms with Crippen molar-refractivity contribution >= 4 is 23.5 Å². The van der Waals surface area contributed by atoms with E-state index in [1.807, 2.05) is 0 Å². The van der Waals surface area contributed by atoms with Crippen LogP contribution in [-0.4, -0.2) is 35.5 Å². The maximum Gasteiger partial charge on any atom is 0.326 e. The molecule has 21 heavy (non-hydrogen) atoms. The van der Waals surface area contributed by atoms with E-state index in [0.717, 1.165) is 24.2 Å². The summed E-state index contributed by atoms with van der Waals surface area (Å²) in [5, 5.41) is 14.7. The highest BCUT2D eigenvalue weighted by Gasteiger charge is 2.22. The molecule has 0 spiro atoms. The zero-order valence-electron chi connectivity index (χ0n) is 11.4. The summed E-state index contributed by atoms with van der Waals surface area (Å²) in [6.45, 7) is 0.830. The normalized spacial score (nSPS) is 13.9. The van der Waals surface area contributed by atoms with Crippen LogP contribution in [0.4, 0.5) is 5.69 Å². The van der Waals surface area contributed by atoms with Gasteiger partial charge in [-0.2, -0.15) is 0 Å². The van der Waals surface area contributed by atoms with Crippen molar-refractivity contribution in [2.24, 2.45) is 5.73 Å². The van der Waals surface area contributed by atoms with Crippen molar-refractivity contribution in [2.75, 3.05) is 11.9 Å². The van der Waals surface area contributed by atoms with Crippen molar-refractivity contribution < 1.29 is 19.5 Å². The number of nitrogens with one attached hydrogen (secondary N) is 2. The smallest absolute Gasteiger partial charge is 0.326 e. The molecule has 1 aromatic rings. The molecule has 2 rings (SSSR count). The maximum atomic E-state index is 12.1. The van der Waals surface area contributed by atoms with E-state index in [-0.39, 0.29) is 12.8 Å². The van der Waals surface area contributed by atoms with Crippen molar-refractivity contribution in [3.63, 3.8) is 0 Å². The Labute approximate surface area is 121 Å².